The van der Waals surface area contributed by atoms with E-state index in [1.165, 1.54) is 31.5 Å². The molecule has 0 saturated carbocycles. The maximum absolute atomic E-state index is 3.57. The normalized spacial score (nSPS) is 20.2. The van der Waals surface area contributed by atoms with Crippen molar-refractivity contribution in [1.82, 2.24) is 10.2 Å². The molecule has 0 aromatic heterocycles. The average Bonchev–Trinajstić information content (AvgIpc) is 2.08. The Hall–Kier alpha value is -0.340. The molecule has 1 fully saturated rings. The summed E-state index contributed by atoms with van der Waals surface area (Å²) < 4.78 is 0. The lowest BCUT2D eigenvalue weighted by Gasteiger charge is -2.29. The Morgan fingerprint density at radius 2 is 2.00 bits per heavy atom. The molecule has 0 unspecified atom stereocenters. The molecule has 0 radical (unpaired) electrons. The van der Waals surface area contributed by atoms with Gasteiger partial charge in [-0.25, -0.2) is 0 Å². The number of likely N-dealkylation sites (tertiary alicyclic amines) is 1. The molecule has 1 heterocycles. The second-order valence-corrected chi connectivity index (χ2v) is 4.27. The zero-order valence-corrected chi connectivity index (χ0v) is 9.14. The van der Waals surface area contributed by atoms with Crippen molar-refractivity contribution in [2.75, 3.05) is 26.7 Å². The van der Waals surface area contributed by atoms with E-state index in [0.29, 0.717) is 0 Å². The maximum Gasteiger partial charge on any atom is 0.0139 e. The quantitative estimate of drug-likeness (QED) is 0.667. The molecule has 0 atom stereocenters. The summed E-state index contributed by atoms with van der Waals surface area (Å²) in [7, 11) is 2.20. The van der Waals surface area contributed by atoms with Gasteiger partial charge in [-0.15, -0.1) is 0 Å². The van der Waals surface area contributed by atoms with E-state index in [-0.39, 0.29) is 0 Å². The highest BCUT2D eigenvalue weighted by Gasteiger charge is 2.14. The van der Waals surface area contributed by atoms with E-state index < -0.39 is 0 Å². The maximum atomic E-state index is 3.57. The second kappa shape index (κ2) is 5.40. The molecule has 2 heteroatoms. The minimum absolute atomic E-state index is 0.742. The summed E-state index contributed by atoms with van der Waals surface area (Å²) in [6.45, 7) is 7.82. The highest BCUT2D eigenvalue weighted by atomic mass is 15.1. The first-order valence-corrected chi connectivity index (χ1v) is 5.24. The van der Waals surface area contributed by atoms with Crippen molar-refractivity contribution in [1.29, 1.82) is 0 Å². The number of nitrogens with zero attached hydrogens (tertiary/aromatic N) is 1. The van der Waals surface area contributed by atoms with Gasteiger partial charge in [-0.2, -0.15) is 0 Å². The Balaban J connectivity index is 2.12. The fourth-order valence-corrected chi connectivity index (χ4v) is 1.64. The molecule has 76 valence electrons. The van der Waals surface area contributed by atoms with Crippen LogP contribution in [0.25, 0.3) is 0 Å². The molecule has 0 spiro atoms. The summed E-state index contributed by atoms with van der Waals surface area (Å²) in [6, 6.07) is 0.742. The molecule has 1 N–H and O–H groups in total. The summed E-state index contributed by atoms with van der Waals surface area (Å²) in [5, 5.41) is 3.57. The summed E-state index contributed by atoms with van der Waals surface area (Å²) >= 11 is 0. The van der Waals surface area contributed by atoms with Crippen molar-refractivity contribution >= 4 is 0 Å². The van der Waals surface area contributed by atoms with Gasteiger partial charge in [-0.1, -0.05) is 11.6 Å². The smallest absolute Gasteiger partial charge is 0.0139 e. The van der Waals surface area contributed by atoms with Gasteiger partial charge in [0.1, 0.15) is 0 Å². The van der Waals surface area contributed by atoms with Gasteiger partial charge < -0.3 is 10.2 Å². The lowest BCUT2D eigenvalue weighted by Crippen LogP contribution is -2.40. The molecule has 1 rings (SSSR count). The Morgan fingerprint density at radius 3 is 2.54 bits per heavy atom. The van der Waals surface area contributed by atoms with Crippen LogP contribution in [0.5, 0.6) is 0 Å². The van der Waals surface area contributed by atoms with E-state index in [0.717, 1.165) is 12.6 Å². The largest absolute Gasteiger partial charge is 0.310 e. The van der Waals surface area contributed by atoms with E-state index in [1.54, 1.807) is 0 Å². The lowest BCUT2D eigenvalue weighted by molar-refractivity contribution is 0.238. The molecule has 13 heavy (non-hydrogen) atoms. The molecule has 1 aliphatic heterocycles. The molecular formula is C11H22N2. The summed E-state index contributed by atoms with van der Waals surface area (Å²) in [4.78, 5) is 2.40. The number of hydrogen-bond acceptors (Lipinski definition) is 2. The third-order valence-electron chi connectivity index (χ3n) is 2.64. The van der Waals surface area contributed by atoms with E-state index in [9.17, 15) is 0 Å². The van der Waals surface area contributed by atoms with Crippen LogP contribution in [0.1, 0.15) is 26.7 Å². The fraction of sp³-hybridized carbons (Fsp3) is 0.818. The highest BCUT2D eigenvalue weighted by Crippen LogP contribution is 2.07. The van der Waals surface area contributed by atoms with Gasteiger partial charge in [0.05, 0.1) is 0 Å². The van der Waals surface area contributed by atoms with Gasteiger partial charge in [0.25, 0.3) is 0 Å². The topological polar surface area (TPSA) is 15.3 Å². The van der Waals surface area contributed by atoms with Crippen LogP contribution >= 0.6 is 0 Å². The molecule has 2 nitrogen and oxygen atoms in total. The third-order valence-corrected chi connectivity index (χ3v) is 2.64. The number of rotatable bonds is 3. The van der Waals surface area contributed by atoms with Gasteiger partial charge in [-0.05, 0) is 46.8 Å². The first-order chi connectivity index (χ1) is 6.18. The summed E-state index contributed by atoms with van der Waals surface area (Å²) in [5.74, 6) is 0. The molecule has 0 amide bonds. The van der Waals surface area contributed by atoms with Gasteiger partial charge >= 0.3 is 0 Å². The molecule has 0 aromatic carbocycles. The number of nitrogens with one attached hydrogen (secondary N) is 1. The minimum Gasteiger partial charge on any atom is -0.310 e. The zero-order chi connectivity index (χ0) is 9.68. The van der Waals surface area contributed by atoms with Crippen molar-refractivity contribution in [2.24, 2.45) is 0 Å². The van der Waals surface area contributed by atoms with E-state index in [1.807, 2.05) is 0 Å². The Morgan fingerprint density at radius 1 is 1.38 bits per heavy atom. The first-order valence-electron chi connectivity index (χ1n) is 5.24. The predicted octanol–water partition coefficient (Wildman–Crippen LogP) is 1.64. The molecular weight excluding hydrogens is 160 g/mol. The Kier molecular flexibility index (Phi) is 4.46. The zero-order valence-electron chi connectivity index (χ0n) is 9.14. The fourth-order valence-electron chi connectivity index (χ4n) is 1.64. The van der Waals surface area contributed by atoms with Gasteiger partial charge in [0.2, 0.25) is 0 Å². The van der Waals surface area contributed by atoms with Crippen LogP contribution in [0.3, 0.4) is 0 Å². The molecule has 1 aliphatic rings. The van der Waals surface area contributed by atoms with Crippen molar-refractivity contribution in [3.8, 4) is 0 Å². The van der Waals surface area contributed by atoms with Crippen LogP contribution in [-0.2, 0) is 0 Å². The van der Waals surface area contributed by atoms with Crippen LogP contribution in [0.4, 0.5) is 0 Å². The number of hydrogen-bond donors (Lipinski definition) is 1. The Bertz CT molecular complexity index is 163. The van der Waals surface area contributed by atoms with E-state index >= 15 is 0 Å². The van der Waals surface area contributed by atoms with Crippen LogP contribution in [-0.4, -0.2) is 37.6 Å². The third kappa shape index (κ3) is 4.44. The predicted molar refractivity (Wildman–Crippen MR) is 58.0 cm³/mol. The monoisotopic (exact) mass is 182 g/mol. The van der Waals surface area contributed by atoms with Crippen molar-refractivity contribution < 1.29 is 0 Å². The standard InChI is InChI=1S/C11H22N2/c1-10(2)4-7-12-11-5-8-13(3)9-6-11/h4,11-12H,5-9H2,1-3H3. The van der Waals surface area contributed by atoms with Crippen molar-refractivity contribution in [2.45, 2.75) is 32.7 Å². The highest BCUT2D eigenvalue weighted by molar-refractivity contribution is 4.95. The molecule has 0 aliphatic carbocycles. The van der Waals surface area contributed by atoms with E-state index in [2.05, 4.69) is 37.2 Å². The van der Waals surface area contributed by atoms with Crippen LogP contribution < -0.4 is 5.32 Å². The Labute approximate surface area is 82.0 Å². The second-order valence-electron chi connectivity index (χ2n) is 4.27. The molecule has 0 bridgehead atoms. The van der Waals surface area contributed by atoms with Gasteiger partial charge in [0, 0.05) is 12.6 Å². The minimum atomic E-state index is 0.742. The number of allylic oxidation sites excluding steroid dienone is 1. The number of piperidine rings is 1. The van der Waals surface area contributed by atoms with Crippen molar-refractivity contribution in [3.05, 3.63) is 11.6 Å². The van der Waals surface area contributed by atoms with Crippen molar-refractivity contribution in [3.63, 3.8) is 0 Å². The molecule has 0 aromatic rings. The van der Waals surface area contributed by atoms with E-state index in [4.69, 9.17) is 0 Å². The van der Waals surface area contributed by atoms with Crippen LogP contribution in [0.15, 0.2) is 11.6 Å². The van der Waals surface area contributed by atoms with Crippen LogP contribution in [0.2, 0.25) is 0 Å². The van der Waals surface area contributed by atoms with Gasteiger partial charge in [0.15, 0.2) is 0 Å². The molecule has 1 saturated heterocycles. The van der Waals surface area contributed by atoms with Gasteiger partial charge in [-0.3, -0.25) is 0 Å². The average molecular weight is 182 g/mol. The SMILES string of the molecule is CC(C)=CCNC1CCN(C)CC1. The lowest BCUT2D eigenvalue weighted by atomic mass is 10.1. The summed E-state index contributed by atoms with van der Waals surface area (Å²) in [6.07, 6.45) is 4.86. The summed E-state index contributed by atoms with van der Waals surface area (Å²) in [5.41, 5.74) is 1.40. The van der Waals surface area contributed by atoms with Crippen LogP contribution in [0, 0.1) is 0 Å². The first kappa shape index (κ1) is 10.7.